The second-order valence-corrected chi connectivity index (χ2v) is 6.08. The van der Waals surface area contributed by atoms with Crippen LogP contribution in [0.2, 0.25) is 0 Å². The number of benzene rings is 1. The first-order valence-corrected chi connectivity index (χ1v) is 6.90. The van der Waals surface area contributed by atoms with Crippen LogP contribution in [0.15, 0.2) is 22.7 Å². The molecular weight excluding hydrogens is 297 g/mol. The molecule has 0 saturated heterocycles. The van der Waals surface area contributed by atoms with Crippen molar-refractivity contribution in [3.05, 3.63) is 34.1 Å². The molecule has 1 rings (SSSR count). The van der Waals surface area contributed by atoms with Crippen molar-refractivity contribution in [1.29, 1.82) is 0 Å². The van der Waals surface area contributed by atoms with E-state index in [4.69, 9.17) is 0 Å². The highest BCUT2D eigenvalue weighted by molar-refractivity contribution is 9.10. The molecule has 2 unspecified atom stereocenters. The summed E-state index contributed by atoms with van der Waals surface area (Å²) < 4.78 is 14.9. The van der Waals surface area contributed by atoms with E-state index in [1.165, 1.54) is 6.07 Å². The number of aliphatic hydroxyl groups excluding tert-OH is 1. The number of halogens is 2. The first kappa shape index (κ1) is 15.6. The Balaban J connectivity index is 3.23. The number of aliphatic hydroxyl groups is 1. The molecule has 102 valence electrons. The van der Waals surface area contributed by atoms with Crippen LogP contribution in [0.25, 0.3) is 0 Å². The van der Waals surface area contributed by atoms with Crippen LogP contribution in [0, 0.1) is 17.7 Å². The second-order valence-electron chi connectivity index (χ2n) is 5.16. The monoisotopic (exact) mass is 317 g/mol. The summed E-state index contributed by atoms with van der Waals surface area (Å²) in [6.07, 6.45) is 0. The van der Waals surface area contributed by atoms with Gasteiger partial charge < -0.3 is 10.0 Å². The van der Waals surface area contributed by atoms with Crippen molar-refractivity contribution in [2.75, 3.05) is 20.7 Å². The van der Waals surface area contributed by atoms with Crippen LogP contribution in [-0.2, 0) is 0 Å². The molecule has 0 aliphatic carbocycles. The Labute approximate surface area is 117 Å². The second kappa shape index (κ2) is 6.64. The lowest BCUT2D eigenvalue weighted by Crippen LogP contribution is -2.33. The SMILES string of the molecule is CC(C)C(CO)C(c1cc(Br)ccc1F)N(C)C. The zero-order chi connectivity index (χ0) is 13.9. The third kappa shape index (κ3) is 3.53. The maximum Gasteiger partial charge on any atom is 0.128 e. The van der Waals surface area contributed by atoms with Gasteiger partial charge in [-0.05, 0) is 38.2 Å². The Morgan fingerprint density at radius 3 is 2.39 bits per heavy atom. The minimum Gasteiger partial charge on any atom is -0.396 e. The largest absolute Gasteiger partial charge is 0.396 e. The topological polar surface area (TPSA) is 23.5 Å². The van der Waals surface area contributed by atoms with E-state index in [0.29, 0.717) is 5.56 Å². The fourth-order valence-electron chi connectivity index (χ4n) is 2.31. The predicted octanol–water partition coefficient (Wildman–Crippen LogP) is 3.46. The Morgan fingerprint density at radius 1 is 1.33 bits per heavy atom. The first-order valence-electron chi connectivity index (χ1n) is 6.10. The molecule has 18 heavy (non-hydrogen) atoms. The van der Waals surface area contributed by atoms with Crippen LogP contribution in [0.5, 0.6) is 0 Å². The summed E-state index contributed by atoms with van der Waals surface area (Å²) in [5.41, 5.74) is 0.627. The summed E-state index contributed by atoms with van der Waals surface area (Å²) in [4.78, 5) is 1.96. The summed E-state index contributed by atoms with van der Waals surface area (Å²) in [5.74, 6) is 0.0561. The third-order valence-corrected chi connectivity index (χ3v) is 3.80. The van der Waals surface area contributed by atoms with Crippen LogP contribution in [0.4, 0.5) is 4.39 Å². The van der Waals surface area contributed by atoms with Crippen molar-refractivity contribution in [3.63, 3.8) is 0 Å². The molecule has 0 amide bonds. The molecule has 0 aromatic heterocycles. The van der Waals surface area contributed by atoms with E-state index < -0.39 is 0 Å². The van der Waals surface area contributed by atoms with Gasteiger partial charge in [0.2, 0.25) is 0 Å². The Hall–Kier alpha value is -0.450. The zero-order valence-corrected chi connectivity index (χ0v) is 12.9. The normalized spacial score (nSPS) is 15.2. The van der Waals surface area contributed by atoms with E-state index in [1.807, 2.05) is 32.8 Å². The summed E-state index contributed by atoms with van der Waals surface area (Å²) in [5, 5.41) is 9.58. The molecule has 0 fully saturated rings. The van der Waals surface area contributed by atoms with Gasteiger partial charge in [-0.25, -0.2) is 4.39 Å². The average Bonchev–Trinajstić information content (AvgIpc) is 2.28. The lowest BCUT2D eigenvalue weighted by atomic mass is 9.84. The average molecular weight is 318 g/mol. The Bertz CT molecular complexity index is 395. The summed E-state index contributed by atoms with van der Waals surface area (Å²) in [7, 11) is 3.83. The van der Waals surface area contributed by atoms with Crippen molar-refractivity contribution >= 4 is 15.9 Å². The maximum absolute atomic E-state index is 14.0. The molecule has 0 heterocycles. The summed E-state index contributed by atoms with van der Waals surface area (Å²) >= 11 is 3.37. The van der Waals surface area contributed by atoms with Gasteiger partial charge in [0.05, 0.1) is 0 Å². The van der Waals surface area contributed by atoms with Crippen molar-refractivity contribution in [2.45, 2.75) is 19.9 Å². The van der Waals surface area contributed by atoms with Gasteiger partial charge in [0.1, 0.15) is 5.82 Å². The van der Waals surface area contributed by atoms with Gasteiger partial charge in [-0.2, -0.15) is 0 Å². The number of nitrogens with zero attached hydrogens (tertiary/aromatic N) is 1. The van der Waals surface area contributed by atoms with Gasteiger partial charge in [-0.1, -0.05) is 29.8 Å². The fourth-order valence-corrected chi connectivity index (χ4v) is 2.69. The summed E-state index contributed by atoms with van der Waals surface area (Å²) in [6, 6.07) is 4.82. The number of rotatable bonds is 5. The molecular formula is C14H21BrFNO. The van der Waals surface area contributed by atoms with Gasteiger partial charge in [0.15, 0.2) is 0 Å². The van der Waals surface area contributed by atoms with Crippen molar-refractivity contribution < 1.29 is 9.50 Å². The van der Waals surface area contributed by atoms with Crippen LogP contribution in [0.3, 0.4) is 0 Å². The Kier molecular flexibility index (Phi) is 5.76. The van der Waals surface area contributed by atoms with Gasteiger partial charge in [0.25, 0.3) is 0 Å². The lowest BCUT2D eigenvalue weighted by Gasteiger charge is -2.34. The molecule has 1 aromatic rings. The molecule has 0 aliphatic rings. The lowest BCUT2D eigenvalue weighted by molar-refractivity contribution is 0.0980. The van der Waals surface area contributed by atoms with Gasteiger partial charge in [-0.3, -0.25) is 0 Å². The van der Waals surface area contributed by atoms with Crippen molar-refractivity contribution in [1.82, 2.24) is 4.90 Å². The van der Waals surface area contributed by atoms with Crippen molar-refractivity contribution in [2.24, 2.45) is 11.8 Å². The highest BCUT2D eigenvalue weighted by atomic mass is 79.9. The van der Waals surface area contributed by atoms with Gasteiger partial charge in [-0.15, -0.1) is 0 Å². The number of hydrogen-bond acceptors (Lipinski definition) is 2. The standard InChI is InChI=1S/C14H21BrFNO/c1-9(2)12(8-18)14(17(3)4)11-7-10(15)5-6-13(11)16/h5-7,9,12,14,18H,8H2,1-4H3. The summed E-state index contributed by atoms with van der Waals surface area (Å²) in [6.45, 7) is 4.15. The smallest absolute Gasteiger partial charge is 0.128 e. The van der Waals surface area contributed by atoms with Gasteiger partial charge in [0, 0.05) is 28.6 Å². The van der Waals surface area contributed by atoms with Crippen molar-refractivity contribution in [3.8, 4) is 0 Å². The number of hydrogen-bond donors (Lipinski definition) is 1. The minimum absolute atomic E-state index is 0.00352. The molecule has 1 N–H and O–H groups in total. The molecule has 0 saturated carbocycles. The highest BCUT2D eigenvalue weighted by Gasteiger charge is 2.29. The van der Waals surface area contributed by atoms with E-state index >= 15 is 0 Å². The maximum atomic E-state index is 14.0. The molecule has 0 bridgehead atoms. The fraction of sp³-hybridized carbons (Fsp3) is 0.571. The molecule has 0 spiro atoms. The van der Waals surface area contributed by atoms with Crippen LogP contribution in [0.1, 0.15) is 25.5 Å². The molecule has 1 aromatic carbocycles. The predicted molar refractivity (Wildman–Crippen MR) is 75.9 cm³/mol. The van der Waals surface area contributed by atoms with E-state index in [1.54, 1.807) is 12.1 Å². The van der Waals surface area contributed by atoms with E-state index in [-0.39, 0.29) is 30.3 Å². The zero-order valence-electron chi connectivity index (χ0n) is 11.3. The molecule has 4 heteroatoms. The van der Waals surface area contributed by atoms with Gasteiger partial charge >= 0.3 is 0 Å². The van der Waals surface area contributed by atoms with Crippen LogP contribution >= 0.6 is 15.9 Å². The molecule has 0 aliphatic heterocycles. The van der Waals surface area contributed by atoms with E-state index in [2.05, 4.69) is 15.9 Å². The minimum atomic E-state index is -0.226. The molecule has 2 nitrogen and oxygen atoms in total. The molecule has 0 radical (unpaired) electrons. The quantitative estimate of drug-likeness (QED) is 0.899. The van der Waals surface area contributed by atoms with Crippen LogP contribution < -0.4 is 0 Å². The van der Waals surface area contributed by atoms with Crippen LogP contribution in [-0.4, -0.2) is 30.7 Å². The van der Waals surface area contributed by atoms with E-state index in [9.17, 15) is 9.50 Å². The molecule has 2 atom stereocenters. The highest BCUT2D eigenvalue weighted by Crippen LogP contribution is 2.34. The third-order valence-electron chi connectivity index (χ3n) is 3.31. The van der Waals surface area contributed by atoms with E-state index in [0.717, 1.165) is 4.47 Å². The Morgan fingerprint density at radius 2 is 1.94 bits per heavy atom. The first-order chi connectivity index (χ1) is 8.38.